The molecule has 1 unspecified atom stereocenters. The monoisotopic (exact) mass is 274 g/mol. The van der Waals surface area contributed by atoms with Gasteiger partial charge in [0.05, 0.1) is 0 Å². The van der Waals surface area contributed by atoms with E-state index in [4.69, 9.17) is 0 Å². The van der Waals surface area contributed by atoms with Crippen LogP contribution in [0.1, 0.15) is 0 Å². The van der Waals surface area contributed by atoms with E-state index in [1.54, 1.807) is 0 Å². The zero-order valence-electron chi connectivity index (χ0n) is 7.02. The first kappa shape index (κ1) is 12.4. The number of halogens is 5. The van der Waals surface area contributed by atoms with E-state index in [0.29, 0.717) is 4.67 Å². The Bertz CT molecular complexity index is 394. The predicted octanol–water partition coefficient (Wildman–Crippen LogP) is 5.25. The third-order valence-electron chi connectivity index (χ3n) is 1.17. The third-order valence-corrected chi connectivity index (χ3v) is 7.45. The molecule has 0 amide bonds. The van der Waals surface area contributed by atoms with Crippen LogP contribution in [0.2, 0.25) is 0 Å². The molecule has 1 heterocycles. The van der Waals surface area contributed by atoms with E-state index in [2.05, 4.69) is 9.03 Å². The molecule has 0 aromatic heterocycles. The molecule has 0 bridgehead atoms. The summed E-state index contributed by atoms with van der Waals surface area (Å²) in [7, 11) is -13.6. The molecular formula is C2H6F5N4P3. The molecule has 1 aliphatic heterocycles. The maximum atomic E-state index is 13.4. The van der Waals surface area contributed by atoms with E-state index in [0.717, 1.165) is 14.1 Å². The second kappa shape index (κ2) is 3.41. The Labute approximate surface area is 77.5 Å². The van der Waals surface area contributed by atoms with Gasteiger partial charge in [-0.3, -0.25) is 0 Å². The fourth-order valence-electron chi connectivity index (χ4n) is 0.617. The fourth-order valence-corrected chi connectivity index (χ4v) is 6.52. The molecule has 14 heavy (non-hydrogen) atoms. The van der Waals surface area contributed by atoms with Crippen molar-refractivity contribution in [3.8, 4) is 0 Å². The summed E-state index contributed by atoms with van der Waals surface area (Å²) in [4.78, 5) is 0. The zero-order valence-corrected chi connectivity index (χ0v) is 9.70. The number of nitrogens with zero attached hydrogens (tertiary/aromatic N) is 4. The van der Waals surface area contributed by atoms with Crippen LogP contribution in [0.4, 0.5) is 21.0 Å². The number of rotatable bonds is 1. The lowest BCUT2D eigenvalue weighted by molar-refractivity contribution is 0.604. The number of hydrogen-bond acceptors (Lipinski definition) is 4. The predicted molar refractivity (Wildman–Crippen MR) is 47.3 cm³/mol. The van der Waals surface area contributed by atoms with E-state index in [1.807, 2.05) is 4.52 Å². The minimum absolute atomic E-state index is 0.559. The van der Waals surface area contributed by atoms with Crippen LogP contribution in [-0.2, 0) is 0 Å². The highest BCUT2D eigenvalue weighted by Crippen LogP contribution is 2.81. The van der Waals surface area contributed by atoms with Crippen LogP contribution in [0.15, 0.2) is 13.5 Å². The third kappa shape index (κ3) is 2.66. The van der Waals surface area contributed by atoms with Crippen LogP contribution in [-0.4, -0.2) is 18.8 Å². The van der Waals surface area contributed by atoms with Gasteiger partial charge in [-0.1, -0.05) is 0 Å². The van der Waals surface area contributed by atoms with Crippen LogP contribution in [0, 0.1) is 0 Å². The average molecular weight is 274 g/mol. The van der Waals surface area contributed by atoms with Crippen molar-refractivity contribution in [1.29, 1.82) is 0 Å². The Balaban J connectivity index is 3.49. The molecule has 0 N–H and O–H groups in total. The van der Waals surface area contributed by atoms with Crippen molar-refractivity contribution in [1.82, 2.24) is 4.67 Å². The lowest BCUT2D eigenvalue weighted by Crippen LogP contribution is -2.03. The summed E-state index contributed by atoms with van der Waals surface area (Å²) in [6.07, 6.45) is 0. The van der Waals surface area contributed by atoms with Gasteiger partial charge >= 0.3 is 23.3 Å². The summed E-state index contributed by atoms with van der Waals surface area (Å²) < 4.78 is 71.0. The van der Waals surface area contributed by atoms with Gasteiger partial charge in [-0.15, -0.1) is 30.3 Å². The van der Waals surface area contributed by atoms with Crippen molar-refractivity contribution in [3.63, 3.8) is 0 Å². The van der Waals surface area contributed by atoms with E-state index in [9.17, 15) is 21.0 Å². The summed E-state index contributed by atoms with van der Waals surface area (Å²) in [5.74, 6) is 0. The van der Waals surface area contributed by atoms with E-state index < -0.39 is 23.3 Å². The zero-order chi connectivity index (χ0) is 11.2. The molecule has 1 rings (SSSR count). The van der Waals surface area contributed by atoms with E-state index in [1.165, 1.54) is 0 Å². The first-order valence-corrected chi connectivity index (χ1v) is 7.63. The molecule has 0 saturated carbocycles. The van der Waals surface area contributed by atoms with Crippen molar-refractivity contribution >= 4 is 23.3 Å². The summed E-state index contributed by atoms with van der Waals surface area (Å²) in [5.41, 5.74) is 0. The lowest BCUT2D eigenvalue weighted by atomic mass is 11.3. The van der Waals surface area contributed by atoms with Gasteiger partial charge in [0.25, 0.3) is 0 Å². The van der Waals surface area contributed by atoms with Crippen LogP contribution < -0.4 is 0 Å². The summed E-state index contributed by atoms with van der Waals surface area (Å²) in [6.45, 7) is 0. The van der Waals surface area contributed by atoms with Gasteiger partial charge in [0.2, 0.25) is 0 Å². The molecular weight excluding hydrogens is 268 g/mol. The second-order valence-corrected chi connectivity index (χ2v) is 8.28. The van der Waals surface area contributed by atoms with Crippen molar-refractivity contribution in [2.45, 2.75) is 0 Å². The maximum Gasteiger partial charge on any atom is 0.424 e. The Hall–Kier alpha value is 0.300. The standard InChI is InChI=1S/C2H6F5N4P3/c1-11(2)14(7)9-12(3,4)8-13(5,6)10-14/h1-2H3. The summed E-state index contributed by atoms with van der Waals surface area (Å²) in [5, 5.41) is 0. The van der Waals surface area contributed by atoms with Gasteiger partial charge in [0.15, 0.2) is 0 Å². The minimum Gasteiger partial charge on any atom is -0.232 e. The summed E-state index contributed by atoms with van der Waals surface area (Å²) in [6, 6.07) is 0. The van der Waals surface area contributed by atoms with Gasteiger partial charge in [0.1, 0.15) is 0 Å². The molecule has 12 heteroatoms. The molecule has 84 valence electrons. The highest BCUT2D eigenvalue weighted by atomic mass is 31.3. The molecule has 0 aromatic carbocycles. The molecule has 0 aromatic rings. The maximum absolute atomic E-state index is 13.4. The number of hydrogen-bond donors (Lipinski definition) is 0. The van der Waals surface area contributed by atoms with Crippen LogP contribution in [0.5, 0.6) is 0 Å². The lowest BCUT2D eigenvalue weighted by Gasteiger charge is -2.21. The van der Waals surface area contributed by atoms with Gasteiger partial charge in [-0.2, -0.15) is 4.20 Å². The Morgan fingerprint density at radius 2 is 1.21 bits per heavy atom. The second-order valence-electron chi connectivity index (χ2n) is 2.52. The minimum atomic E-state index is -5.55. The van der Waals surface area contributed by atoms with Gasteiger partial charge in [-0.05, 0) is 14.1 Å². The summed E-state index contributed by atoms with van der Waals surface area (Å²) >= 11 is 0. The van der Waals surface area contributed by atoms with Crippen LogP contribution in [0.25, 0.3) is 0 Å². The average Bonchev–Trinajstić information content (AvgIpc) is 1.76. The first-order chi connectivity index (χ1) is 6.06. The Kier molecular flexibility index (Phi) is 3.01. The molecule has 4 nitrogen and oxygen atoms in total. The van der Waals surface area contributed by atoms with Crippen molar-refractivity contribution < 1.29 is 21.0 Å². The van der Waals surface area contributed by atoms with E-state index in [-0.39, 0.29) is 0 Å². The van der Waals surface area contributed by atoms with Gasteiger partial charge in [0, 0.05) is 0 Å². The van der Waals surface area contributed by atoms with Crippen molar-refractivity contribution in [2.75, 3.05) is 14.1 Å². The van der Waals surface area contributed by atoms with Crippen molar-refractivity contribution in [2.24, 2.45) is 13.5 Å². The Morgan fingerprint density at radius 3 is 1.57 bits per heavy atom. The largest absolute Gasteiger partial charge is 0.424 e. The van der Waals surface area contributed by atoms with E-state index >= 15 is 0 Å². The smallest absolute Gasteiger partial charge is 0.232 e. The molecule has 0 spiro atoms. The fraction of sp³-hybridized carbons (Fsp3) is 1.00. The Morgan fingerprint density at radius 1 is 0.786 bits per heavy atom. The van der Waals surface area contributed by atoms with Gasteiger partial charge < -0.3 is 0 Å². The first-order valence-electron chi connectivity index (χ1n) is 3.14. The molecule has 1 aliphatic rings. The van der Waals surface area contributed by atoms with Gasteiger partial charge in [-0.25, -0.2) is 4.67 Å². The van der Waals surface area contributed by atoms with Crippen molar-refractivity contribution in [3.05, 3.63) is 0 Å². The highest BCUT2D eigenvalue weighted by molar-refractivity contribution is 7.78. The topological polar surface area (TPSA) is 40.3 Å². The van der Waals surface area contributed by atoms with Crippen LogP contribution in [0.3, 0.4) is 0 Å². The quantitative estimate of drug-likeness (QED) is 0.475. The SMILES string of the molecule is CN(C)P1(F)=NP(F)(F)=NP(F)(F)=N1. The van der Waals surface area contributed by atoms with Crippen LogP contribution >= 0.6 is 23.3 Å². The normalized spacial score (nSPS) is 34.3. The molecule has 1 atom stereocenters. The molecule has 0 fully saturated rings. The molecule has 0 aliphatic carbocycles. The molecule has 0 radical (unpaired) electrons. The molecule has 0 saturated heterocycles. The highest BCUT2D eigenvalue weighted by Gasteiger charge is 2.40.